The van der Waals surface area contributed by atoms with Crippen molar-refractivity contribution in [3.05, 3.63) is 29.6 Å². The molecule has 0 amide bonds. The quantitative estimate of drug-likeness (QED) is 0.536. The van der Waals surface area contributed by atoms with E-state index in [4.69, 9.17) is 0 Å². The molecule has 2 nitrogen and oxygen atoms in total. The minimum Gasteiger partial charge on any atom is -0.298 e. The van der Waals surface area contributed by atoms with Crippen molar-refractivity contribution in [3.63, 3.8) is 0 Å². The lowest BCUT2D eigenvalue weighted by atomic mass is 10.2. The molecule has 0 saturated carbocycles. The van der Waals surface area contributed by atoms with E-state index >= 15 is 0 Å². The van der Waals surface area contributed by atoms with E-state index in [0.717, 1.165) is 24.1 Å². The van der Waals surface area contributed by atoms with Crippen molar-refractivity contribution in [2.24, 2.45) is 0 Å². The van der Waals surface area contributed by atoms with E-state index in [0.29, 0.717) is 0 Å². The van der Waals surface area contributed by atoms with E-state index in [1.54, 1.807) is 0 Å². The van der Waals surface area contributed by atoms with Crippen molar-refractivity contribution >= 4 is 15.9 Å². The van der Waals surface area contributed by atoms with Crippen LogP contribution in [0, 0.1) is 6.92 Å². The Labute approximate surface area is 114 Å². The van der Waals surface area contributed by atoms with Crippen molar-refractivity contribution in [2.75, 3.05) is 18.4 Å². The van der Waals surface area contributed by atoms with E-state index in [9.17, 15) is 0 Å². The van der Waals surface area contributed by atoms with E-state index in [1.165, 1.54) is 31.5 Å². The Morgan fingerprint density at radius 1 is 1.24 bits per heavy atom. The van der Waals surface area contributed by atoms with Gasteiger partial charge in [-0.05, 0) is 45.0 Å². The number of nitrogens with zero attached hydrogens (tertiary/aromatic N) is 2. The summed E-state index contributed by atoms with van der Waals surface area (Å²) in [6.07, 6.45) is 3.87. The van der Waals surface area contributed by atoms with E-state index in [1.807, 2.05) is 0 Å². The van der Waals surface area contributed by atoms with Crippen LogP contribution >= 0.6 is 15.9 Å². The smallest absolute Gasteiger partial charge is 0.0547 e. The van der Waals surface area contributed by atoms with Crippen molar-refractivity contribution in [2.45, 2.75) is 39.7 Å². The highest BCUT2D eigenvalue weighted by atomic mass is 79.9. The van der Waals surface area contributed by atoms with Crippen molar-refractivity contribution in [1.82, 2.24) is 9.88 Å². The molecule has 17 heavy (non-hydrogen) atoms. The maximum absolute atomic E-state index is 4.56. The molecule has 0 atom stereocenters. The topological polar surface area (TPSA) is 16.1 Å². The van der Waals surface area contributed by atoms with Crippen molar-refractivity contribution < 1.29 is 0 Å². The molecule has 1 aromatic heterocycles. The van der Waals surface area contributed by atoms with Gasteiger partial charge in [0.05, 0.1) is 5.69 Å². The number of rotatable bonds is 8. The lowest BCUT2D eigenvalue weighted by molar-refractivity contribution is 0.270. The van der Waals surface area contributed by atoms with Crippen LogP contribution < -0.4 is 0 Å². The molecule has 0 unspecified atom stereocenters. The average molecular weight is 299 g/mol. The summed E-state index contributed by atoms with van der Waals surface area (Å²) in [6, 6.07) is 6.26. The number of aromatic nitrogens is 1. The number of hydrogen-bond donors (Lipinski definition) is 0. The summed E-state index contributed by atoms with van der Waals surface area (Å²) in [6.45, 7) is 7.53. The molecule has 1 heterocycles. The zero-order valence-corrected chi connectivity index (χ0v) is 12.5. The summed E-state index contributed by atoms with van der Waals surface area (Å²) in [7, 11) is 0. The number of aryl methyl sites for hydroxylation is 1. The molecule has 0 saturated heterocycles. The van der Waals surface area contributed by atoms with Crippen LogP contribution in [0.5, 0.6) is 0 Å². The largest absolute Gasteiger partial charge is 0.298 e. The van der Waals surface area contributed by atoms with E-state index in [-0.39, 0.29) is 0 Å². The Bertz CT molecular complexity index is 315. The minimum atomic E-state index is 0.979. The summed E-state index contributed by atoms with van der Waals surface area (Å²) in [5, 5.41) is 1.12. The number of halogens is 1. The molecule has 3 heteroatoms. The summed E-state index contributed by atoms with van der Waals surface area (Å²) < 4.78 is 0. The van der Waals surface area contributed by atoms with Gasteiger partial charge in [0.15, 0.2) is 0 Å². The molecule has 1 aromatic rings. The first kappa shape index (κ1) is 14.7. The fourth-order valence-corrected chi connectivity index (χ4v) is 2.27. The molecular formula is C14H23BrN2. The standard InChI is InChI=1S/C14H23BrN2/c1-3-17(11-6-4-5-10-15)12-14-9-7-8-13(2)16-14/h7-9H,3-6,10-12H2,1-2H3. The highest BCUT2D eigenvalue weighted by molar-refractivity contribution is 9.09. The second-order valence-electron chi connectivity index (χ2n) is 4.39. The first-order valence-electron chi connectivity index (χ1n) is 6.47. The molecule has 0 aliphatic carbocycles. The van der Waals surface area contributed by atoms with Gasteiger partial charge in [-0.2, -0.15) is 0 Å². The molecule has 0 fully saturated rings. The number of hydrogen-bond acceptors (Lipinski definition) is 2. The zero-order chi connectivity index (χ0) is 12.5. The molecule has 96 valence electrons. The van der Waals surface area contributed by atoms with E-state index < -0.39 is 0 Å². The zero-order valence-electron chi connectivity index (χ0n) is 11.0. The molecule has 0 aliphatic heterocycles. The molecule has 0 spiro atoms. The number of pyridine rings is 1. The van der Waals surface area contributed by atoms with Crippen molar-refractivity contribution in [1.29, 1.82) is 0 Å². The summed E-state index contributed by atoms with van der Waals surface area (Å²) in [5.74, 6) is 0. The van der Waals surface area contributed by atoms with Gasteiger partial charge in [0, 0.05) is 17.6 Å². The Kier molecular flexibility index (Phi) is 7.45. The van der Waals surface area contributed by atoms with Crippen LogP contribution in [0.25, 0.3) is 0 Å². The normalized spacial score (nSPS) is 11.1. The van der Waals surface area contributed by atoms with Crippen molar-refractivity contribution in [3.8, 4) is 0 Å². The van der Waals surface area contributed by atoms with Crippen LogP contribution in [-0.4, -0.2) is 28.3 Å². The molecule has 0 bridgehead atoms. The summed E-state index contributed by atoms with van der Waals surface area (Å²) in [4.78, 5) is 7.02. The predicted octanol–water partition coefficient (Wildman–Crippen LogP) is 3.78. The molecule has 0 aromatic carbocycles. The third-order valence-electron chi connectivity index (χ3n) is 2.89. The third kappa shape index (κ3) is 6.18. The Morgan fingerprint density at radius 2 is 2.06 bits per heavy atom. The van der Waals surface area contributed by atoms with Gasteiger partial charge in [0.1, 0.15) is 0 Å². The van der Waals surface area contributed by atoms with Gasteiger partial charge in [0.2, 0.25) is 0 Å². The molecule has 0 aliphatic rings. The average Bonchev–Trinajstić information content (AvgIpc) is 2.33. The Morgan fingerprint density at radius 3 is 2.71 bits per heavy atom. The van der Waals surface area contributed by atoms with Crippen LogP contribution in [0.15, 0.2) is 18.2 Å². The van der Waals surface area contributed by atoms with Gasteiger partial charge in [-0.25, -0.2) is 0 Å². The van der Waals surface area contributed by atoms with Crippen LogP contribution in [0.3, 0.4) is 0 Å². The fraction of sp³-hybridized carbons (Fsp3) is 0.643. The third-order valence-corrected chi connectivity index (χ3v) is 3.45. The highest BCUT2D eigenvalue weighted by Gasteiger charge is 2.04. The molecule has 0 radical (unpaired) electrons. The SMILES string of the molecule is CCN(CCCCCBr)Cc1cccc(C)n1. The lowest BCUT2D eigenvalue weighted by Crippen LogP contribution is -2.24. The predicted molar refractivity (Wildman–Crippen MR) is 77.6 cm³/mol. The highest BCUT2D eigenvalue weighted by Crippen LogP contribution is 2.06. The van der Waals surface area contributed by atoms with Gasteiger partial charge in [-0.15, -0.1) is 0 Å². The second-order valence-corrected chi connectivity index (χ2v) is 5.18. The van der Waals surface area contributed by atoms with Crippen LogP contribution in [-0.2, 0) is 6.54 Å². The summed E-state index contributed by atoms with van der Waals surface area (Å²) >= 11 is 3.47. The van der Waals surface area contributed by atoms with Gasteiger partial charge in [-0.3, -0.25) is 9.88 Å². The van der Waals surface area contributed by atoms with E-state index in [2.05, 4.69) is 57.9 Å². The first-order valence-corrected chi connectivity index (χ1v) is 7.59. The maximum Gasteiger partial charge on any atom is 0.0547 e. The lowest BCUT2D eigenvalue weighted by Gasteiger charge is -2.19. The van der Waals surface area contributed by atoms with Gasteiger partial charge in [-0.1, -0.05) is 35.3 Å². The minimum absolute atomic E-state index is 0.979. The molecule has 0 N–H and O–H groups in total. The Balaban J connectivity index is 2.35. The maximum atomic E-state index is 4.56. The fourth-order valence-electron chi connectivity index (χ4n) is 1.87. The van der Waals surface area contributed by atoms with Crippen LogP contribution in [0.4, 0.5) is 0 Å². The van der Waals surface area contributed by atoms with Gasteiger partial charge < -0.3 is 0 Å². The number of alkyl halides is 1. The Hall–Kier alpha value is -0.410. The van der Waals surface area contributed by atoms with Gasteiger partial charge >= 0.3 is 0 Å². The molecule has 1 rings (SSSR count). The second kappa shape index (κ2) is 8.65. The first-order chi connectivity index (χ1) is 8.26. The van der Waals surface area contributed by atoms with Crippen LogP contribution in [0.2, 0.25) is 0 Å². The monoisotopic (exact) mass is 298 g/mol. The molecular weight excluding hydrogens is 276 g/mol. The number of unbranched alkanes of at least 4 members (excludes halogenated alkanes) is 2. The summed E-state index contributed by atoms with van der Waals surface area (Å²) in [5.41, 5.74) is 2.30. The van der Waals surface area contributed by atoms with Gasteiger partial charge in [0.25, 0.3) is 0 Å². The van der Waals surface area contributed by atoms with Crippen LogP contribution in [0.1, 0.15) is 37.6 Å².